The van der Waals surface area contributed by atoms with Crippen LogP contribution < -0.4 is 21.3 Å². The Labute approximate surface area is 586 Å². The van der Waals surface area contributed by atoms with E-state index in [1.807, 2.05) is 52.8 Å². The number of unbranched alkanes of at least 4 members (excludes halogenated alkanes) is 1. The number of nitrogens with zero attached hydrogens (tertiary/aromatic N) is 8. The van der Waals surface area contributed by atoms with Crippen LogP contribution in [0, 0.1) is 28.2 Å². The van der Waals surface area contributed by atoms with Crippen molar-refractivity contribution >= 4 is 99.4 Å². The Morgan fingerprint density at radius 3 is 1.72 bits per heavy atom. The predicted octanol–water partition coefficient (Wildman–Crippen LogP) is 3.62. The smallest absolute Gasteiger partial charge is 0.303 e. The van der Waals surface area contributed by atoms with Gasteiger partial charge in [0.15, 0.2) is 0 Å². The summed E-state index contributed by atoms with van der Waals surface area (Å²) in [5, 5.41) is 21.3. The zero-order chi connectivity index (χ0) is 72.7. The van der Waals surface area contributed by atoms with Crippen molar-refractivity contribution in [2.45, 2.75) is 194 Å². The average molecular weight is 1470 g/mol. The van der Waals surface area contributed by atoms with Crippen LogP contribution in [0.15, 0.2) is 48.5 Å². The first-order valence-corrected chi connectivity index (χ1v) is 35.0. The maximum absolute atomic E-state index is 15.2. The molecule has 2 aliphatic rings. The van der Waals surface area contributed by atoms with Gasteiger partial charge >= 0.3 is 5.97 Å². The van der Waals surface area contributed by atoms with E-state index < -0.39 is 170 Å². The molecule has 97 heavy (non-hydrogen) atoms. The summed E-state index contributed by atoms with van der Waals surface area (Å²) in [5.41, 5.74) is 2.23. The van der Waals surface area contributed by atoms with Gasteiger partial charge in [-0.3, -0.25) is 62.3 Å². The molecule has 0 radical (unpaired) electrons. The second kappa shape index (κ2) is 39.0. The molecule has 0 aliphatic carbocycles. The second-order valence-corrected chi connectivity index (χ2v) is 28.4. The highest BCUT2D eigenvalue weighted by Gasteiger charge is 2.42. The molecule has 5 N–H and O–H groups in total. The topological polar surface area (TPSA) is 316 Å². The van der Waals surface area contributed by atoms with Crippen LogP contribution in [0.5, 0.6) is 0 Å². The third kappa shape index (κ3) is 24.6. The molecule has 2 heterocycles. The molecule has 0 aromatic heterocycles. The molecule has 0 saturated carbocycles. The largest absolute Gasteiger partial charge is 0.481 e. The zero-order valence-corrected chi connectivity index (χ0v) is 61.8. The number of nitrogens with one attached hydrogen (secondary N) is 4. The van der Waals surface area contributed by atoms with Gasteiger partial charge in [-0.05, 0) is 115 Å². The molecule has 0 bridgehead atoms. The van der Waals surface area contributed by atoms with Crippen LogP contribution in [0.4, 0.5) is 0 Å². The number of halogens is 1. The molecule has 2 aliphatic heterocycles. The van der Waals surface area contributed by atoms with Gasteiger partial charge in [0, 0.05) is 85.3 Å². The van der Waals surface area contributed by atoms with Crippen LogP contribution in [0.2, 0.25) is 0 Å². The number of piperidine rings is 1. The van der Waals surface area contributed by atoms with E-state index in [9.17, 15) is 57.8 Å². The average Bonchev–Trinajstić information content (AvgIpc) is 0.844. The maximum atomic E-state index is 15.2. The van der Waals surface area contributed by atoms with E-state index in [0.717, 1.165) is 40.1 Å². The Balaban J connectivity index is 1.92. The molecular formula is C70H107IN12O14. The number of carboxylic acid groups (broad SMARTS) is 1. The van der Waals surface area contributed by atoms with E-state index in [1.54, 1.807) is 56.0 Å². The van der Waals surface area contributed by atoms with E-state index in [0.29, 0.717) is 56.3 Å². The van der Waals surface area contributed by atoms with Gasteiger partial charge < -0.3 is 65.6 Å². The Morgan fingerprint density at radius 2 is 1.13 bits per heavy atom. The monoisotopic (exact) mass is 1470 g/mol. The fourth-order valence-corrected chi connectivity index (χ4v) is 12.5. The summed E-state index contributed by atoms with van der Waals surface area (Å²) in [7, 11) is 9.56. The summed E-state index contributed by atoms with van der Waals surface area (Å²) >= 11 is 2.11. The lowest BCUT2D eigenvalue weighted by Crippen LogP contribution is -2.61. The van der Waals surface area contributed by atoms with Crippen LogP contribution in [0.3, 0.4) is 0 Å². The Kier molecular flexibility index (Phi) is 32.9. The maximum Gasteiger partial charge on any atom is 0.303 e. The van der Waals surface area contributed by atoms with Gasteiger partial charge in [0.25, 0.3) is 0 Å². The molecule has 26 nitrogen and oxygen atoms in total. The van der Waals surface area contributed by atoms with E-state index >= 15 is 9.59 Å². The summed E-state index contributed by atoms with van der Waals surface area (Å²) in [6, 6.07) is 3.64. The lowest BCUT2D eigenvalue weighted by molar-refractivity contribution is -0.151. The number of carboxylic acids is 1. The van der Waals surface area contributed by atoms with Crippen LogP contribution in [-0.2, 0) is 75.2 Å². The molecule has 9 atom stereocenters. The molecule has 0 unspecified atom stereocenters. The van der Waals surface area contributed by atoms with Crippen LogP contribution in [0.1, 0.15) is 142 Å². The minimum absolute atomic E-state index is 0.0130. The van der Waals surface area contributed by atoms with Crippen LogP contribution in [-0.4, -0.2) is 252 Å². The third-order valence-electron chi connectivity index (χ3n) is 18.3. The molecule has 538 valence electrons. The number of rotatable bonds is 17. The molecule has 27 heteroatoms. The van der Waals surface area contributed by atoms with Crippen molar-refractivity contribution in [3.05, 3.63) is 68.8 Å². The van der Waals surface area contributed by atoms with Crippen LogP contribution >= 0.6 is 22.6 Å². The second-order valence-electron chi connectivity index (χ2n) is 27.2. The summed E-state index contributed by atoms with van der Waals surface area (Å²) in [6.07, 6.45) is 1.87. The number of likely N-dealkylation sites (N-methyl/N-ethyl adjacent to an activating group) is 7. The van der Waals surface area contributed by atoms with E-state index in [1.165, 1.54) is 59.1 Å². The van der Waals surface area contributed by atoms with Gasteiger partial charge in [-0.2, -0.15) is 0 Å². The number of carbonyl (C=O) groups is 13. The van der Waals surface area contributed by atoms with Gasteiger partial charge in [0.2, 0.25) is 70.9 Å². The molecule has 4 rings (SSSR count). The van der Waals surface area contributed by atoms with E-state index in [2.05, 4.69) is 43.9 Å². The van der Waals surface area contributed by atoms with Crippen molar-refractivity contribution in [1.82, 2.24) is 60.5 Å². The summed E-state index contributed by atoms with van der Waals surface area (Å²) in [6.45, 7) is 13.6. The molecule has 2 aromatic rings. The molecular weight excluding hydrogens is 1360 g/mol. The number of hydrogen-bond donors (Lipinski definition) is 5. The standard InChI is InChI=1S/C70H107IN12O14/c1-16-18-25-50-66(93)81(14)53(30-31-61(88)89)64(91)74-52(34-43(3)4)67(94)82(15)56(69(96)83-32-20-19-21-33-83)39-58(85)79(12)54(35-44(5)6)65(92)75-62(46(8)17-2)70(97)78(11)41-59(86)76(9)42-60(87)80(13)55(38-47-28-26-45(7)27-29-47)68(95)77(10)40-57(84)72-51(63(90)73-50)37-48-23-22-24-49(71)36-48/h22-24,26-29,36,43-44,46,50-56,62H,16-21,25,30-35,37-42H2,1-15H3,(H,72,84)(H,73,90)(H,74,91)(H,75,92)(H,88,89)/t46-,50-,51-,52-,53-,54-,55-,56-,62-/m0/s1. The quantitative estimate of drug-likeness (QED) is 0.141. The third-order valence-corrected chi connectivity index (χ3v) is 19.0. The van der Waals surface area contributed by atoms with Crippen molar-refractivity contribution in [3.8, 4) is 0 Å². The van der Waals surface area contributed by atoms with Crippen molar-refractivity contribution in [2.75, 3.05) is 82.1 Å². The molecule has 2 fully saturated rings. The van der Waals surface area contributed by atoms with Gasteiger partial charge in [-0.1, -0.05) is 110 Å². The summed E-state index contributed by atoms with van der Waals surface area (Å²) < 4.78 is 0.815. The lowest BCUT2D eigenvalue weighted by atomic mass is 9.95. The molecule has 2 saturated heterocycles. The Morgan fingerprint density at radius 1 is 0.557 bits per heavy atom. The van der Waals surface area contributed by atoms with Crippen molar-refractivity contribution in [3.63, 3.8) is 0 Å². The first kappa shape index (κ1) is 81.7. The number of hydrogen-bond acceptors (Lipinski definition) is 13. The SMILES string of the molecule is CCCC[C@@H]1NC(=O)[C@H](Cc2cccc(I)c2)NC(=O)CN(C)C(=O)[C@H](Cc2ccc(C)cc2)N(C)C(=O)CN(C)C(=O)CN(C)C(=O)[C@H]([C@@H](C)CC)NC(=O)[C@H](CC(C)C)N(C)C(=O)C[C@@H](C(=O)N2CCCCC2)N(C)C(=O)[C@H](CC(C)C)NC(=O)[C@H](CCC(=O)O)N(C)C1=O. The van der Waals surface area contributed by atoms with E-state index in [4.69, 9.17) is 0 Å². The molecule has 12 amide bonds. The normalized spacial score (nSPS) is 23.8. The van der Waals surface area contributed by atoms with Gasteiger partial charge in [0.1, 0.15) is 48.3 Å². The number of aryl methyl sites for hydroxylation is 1. The van der Waals surface area contributed by atoms with Gasteiger partial charge in [0.05, 0.1) is 26.1 Å². The Bertz CT molecular complexity index is 3090. The number of likely N-dealkylation sites (tertiary alicyclic amines) is 1. The number of amides is 12. The first-order chi connectivity index (χ1) is 45.6. The minimum Gasteiger partial charge on any atom is -0.481 e. The summed E-state index contributed by atoms with van der Waals surface area (Å²) in [5.74, 6) is -10.9. The lowest BCUT2D eigenvalue weighted by Gasteiger charge is -2.38. The Hall–Kier alpha value is -7.72. The predicted molar refractivity (Wildman–Crippen MR) is 374 cm³/mol. The van der Waals surface area contributed by atoms with Gasteiger partial charge in [-0.15, -0.1) is 0 Å². The zero-order valence-electron chi connectivity index (χ0n) is 59.6. The number of benzene rings is 2. The van der Waals surface area contributed by atoms with Gasteiger partial charge in [-0.25, -0.2) is 0 Å². The van der Waals surface area contributed by atoms with Crippen molar-refractivity contribution in [1.29, 1.82) is 0 Å². The minimum atomic E-state index is -1.55. The summed E-state index contributed by atoms with van der Waals surface area (Å²) in [4.78, 5) is 198. The van der Waals surface area contributed by atoms with Crippen LogP contribution in [0.25, 0.3) is 0 Å². The molecule has 0 spiro atoms. The highest BCUT2D eigenvalue weighted by Crippen LogP contribution is 2.23. The number of aliphatic carboxylic acids is 1. The van der Waals surface area contributed by atoms with Crippen molar-refractivity contribution in [2.24, 2.45) is 17.8 Å². The fourth-order valence-electron chi connectivity index (χ4n) is 11.9. The highest BCUT2D eigenvalue weighted by atomic mass is 127. The van der Waals surface area contributed by atoms with Crippen molar-refractivity contribution < 1.29 is 67.4 Å². The fraction of sp³-hybridized carbons (Fsp3) is 0.643. The first-order valence-electron chi connectivity index (χ1n) is 33.9. The highest BCUT2D eigenvalue weighted by molar-refractivity contribution is 14.1. The molecule has 2 aromatic carbocycles. The number of carbonyl (C=O) groups excluding carboxylic acids is 12. The van der Waals surface area contributed by atoms with E-state index in [-0.39, 0.29) is 43.9 Å².